The Hall–Kier alpha value is -3.85. The molecule has 1 saturated heterocycles. The van der Waals surface area contributed by atoms with Gasteiger partial charge in [0.15, 0.2) is 0 Å². The number of ether oxygens (including phenoxy) is 2. The van der Waals surface area contributed by atoms with Crippen molar-refractivity contribution < 1.29 is 33.7 Å². The Bertz CT molecular complexity index is 1210. The average Bonchev–Trinajstić information content (AvgIpc) is 3.32. The summed E-state index contributed by atoms with van der Waals surface area (Å²) in [6, 6.07) is 11.3. The second-order valence-electron chi connectivity index (χ2n) is 8.86. The van der Waals surface area contributed by atoms with E-state index >= 15 is 0 Å². The molecule has 2 atom stereocenters. The van der Waals surface area contributed by atoms with Gasteiger partial charge in [-0.25, -0.2) is 4.79 Å². The van der Waals surface area contributed by atoms with E-state index in [1.165, 1.54) is 60.3 Å². The smallest absolute Gasteiger partial charge is 0.410 e. The summed E-state index contributed by atoms with van der Waals surface area (Å²) in [7, 11) is 0. The van der Waals surface area contributed by atoms with Gasteiger partial charge in [-0.05, 0) is 41.8 Å². The van der Waals surface area contributed by atoms with Gasteiger partial charge < -0.3 is 19.7 Å². The van der Waals surface area contributed by atoms with E-state index in [0.717, 1.165) is 0 Å². The molecule has 0 spiro atoms. The average molecular weight is 593 g/mol. The first-order valence-corrected chi connectivity index (χ1v) is 13.9. The first kappa shape index (κ1) is 30.7. The molecule has 3 rings (SSSR count). The number of non-ortho nitro benzene ring substituents is 2. The summed E-state index contributed by atoms with van der Waals surface area (Å²) in [5.74, 6) is 0.0998. The number of carbonyl (C=O) groups excluding carboxylic acids is 3. The van der Waals surface area contributed by atoms with Crippen LogP contribution in [-0.4, -0.2) is 68.6 Å². The Morgan fingerprint density at radius 2 is 1.50 bits per heavy atom. The molecule has 2 unspecified atom stereocenters. The van der Waals surface area contributed by atoms with Crippen LogP contribution in [0.4, 0.5) is 16.2 Å². The monoisotopic (exact) mass is 592 g/mol. The molecule has 0 saturated carbocycles. The Labute approximate surface area is 239 Å². The number of thioether (sulfide) groups is 1. The fraction of sp³-hybridized carbons (Fsp3) is 0.400. The highest BCUT2D eigenvalue weighted by Gasteiger charge is 2.34. The van der Waals surface area contributed by atoms with E-state index in [9.17, 15) is 34.6 Å². The van der Waals surface area contributed by atoms with Crippen LogP contribution in [0.3, 0.4) is 0 Å². The molecular weight excluding hydrogens is 564 g/mol. The number of rotatable bonds is 13. The van der Waals surface area contributed by atoms with Gasteiger partial charge >= 0.3 is 12.1 Å². The van der Waals surface area contributed by atoms with Crippen LogP contribution in [0.2, 0.25) is 0 Å². The third-order valence-electron chi connectivity index (χ3n) is 5.90. The van der Waals surface area contributed by atoms with Crippen molar-refractivity contribution in [2.24, 2.45) is 0 Å². The van der Waals surface area contributed by atoms with Gasteiger partial charge in [-0.3, -0.25) is 29.8 Å². The Morgan fingerprint density at radius 1 is 0.950 bits per heavy atom. The summed E-state index contributed by atoms with van der Waals surface area (Å²) < 4.78 is 10.5. The van der Waals surface area contributed by atoms with Crippen LogP contribution >= 0.6 is 24.4 Å². The van der Waals surface area contributed by atoms with E-state index in [2.05, 4.69) is 17.9 Å². The Kier molecular flexibility index (Phi) is 11.6. The molecule has 1 aliphatic rings. The number of thiol groups is 1. The maximum Gasteiger partial charge on any atom is 0.410 e. The van der Waals surface area contributed by atoms with Crippen LogP contribution in [0, 0.1) is 20.2 Å². The summed E-state index contributed by atoms with van der Waals surface area (Å²) >= 11 is 5.99. The van der Waals surface area contributed by atoms with Gasteiger partial charge in [0.25, 0.3) is 11.4 Å². The first-order valence-electron chi connectivity index (χ1n) is 12.2. The highest BCUT2D eigenvalue weighted by atomic mass is 32.2. The van der Waals surface area contributed by atoms with Gasteiger partial charge in [-0.1, -0.05) is 0 Å². The number of nitrogens with zero attached hydrogens (tertiary/aromatic N) is 3. The zero-order valence-electron chi connectivity index (χ0n) is 21.3. The number of nitrogens with one attached hydrogen (secondary N) is 1. The van der Waals surface area contributed by atoms with Crippen molar-refractivity contribution in [3.05, 3.63) is 79.9 Å². The molecule has 0 radical (unpaired) electrons. The number of esters is 1. The Morgan fingerprint density at radius 3 is 2.05 bits per heavy atom. The largest absolute Gasteiger partial charge is 0.460 e. The second-order valence-corrected chi connectivity index (χ2v) is 10.7. The van der Waals surface area contributed by atoms with E-state index in [-0.39, 0.29) is 54.8 Å². The predicted octanol–water partition coefficient (Wildman–Crippen LogP) is 3.50. The zero-order valence-corrected chi connectivity index (χ0v) is 23.0. The second kappa shape index (κ2) is 15.1. The molecule has 13 nitrogen and oxygen atoms in total. The number of nitro benzene ring substituents is 2. The molecular formula is C25H28N4O9S2. The molecule has 0 bridgehead atoms. The van der Waals surface area contributed by atoms with Gasteiger partial charge in [0.05, 0.1) is 9.85 Å². The molecule has 1 fully saturated rings. The third kappa shape index (κ3) is 9.72. The normalized spacial score (nSPS) is 16.3. The van der Waals surface area contributed by atoms with Gasteiger partial charge in [-0.2, -0.15) is 24.4 Å². The summed E-state index contributed by atoms with van der Waals surface area (Å²) in [4.78, 5) is 58.6. The molecule has 0 aromatic heterocycles. The third-order valence-corrected chi connectivity index (χ3v) is 7.38. The van der Waals surface area contributed by atoms with Crippen LogP contribution in [0.25, 0.3) is 0 Å². The van der Waals surface area contributed by atoms with Crippen LogP contribution < -0.4 is 5.32 Å². The number of hydrogen-bond donors (Lipinski definition) is 2. The van der Waals surface area contributed by atoms with Crippen molar-refractivity contribution >= 4 is 53.7 Å². The van der Waals surface area contributed by atoms with Crippen molar-refractivity contribution in [3.8, 4) is 0 Å². The maximum absolute atomic E-state index is 12.6. The molecule has 15 heteroatoms. The lowest BCUT2D eigenvalue weighted by atomic mass is 10.2. The summed E-state index contributed by atoms with van der Waals surface area (Å²) in [5.41, 5.74) is 1.11. The van der Waals surface area contributed by atoms with Gasteiger partial charge in [0.1, 0.15) is 19.8 Å². The number of amides is 2. The van der Waals surface area contributed by atoms with Gasteiger partial charge in [-0.15, -0.1) is 0 Å². The summed E-state index contributed by atoms with van der Waals surface area (Å²) in [6.07, 6.45) is 0.350. The first-order chi connectivity index (χ1) is 19.1. The maximum atomic E-state index is 12.6. The SMILES string of the molecule is O=C(CCSCC1CC(S)CN1C(=O)OCc1ccc([N+](=O)[O-])cc1)NCC(=O)OCc1ccc([N+](=O)[O-])cc1. The van der Waals surface area contributed by atoms with E-state index in [0.29, 0.717) is 35.6 Å². The van der Waals surface area contributed by atoms with Crippen molar-refractivity contribution in [2.45, 2.75) is 37.3 Å². The minimum absolute atomic E-state index is 0.00200. The zero-order chi connectivity index (χ0) is 29.1. The molecule has 1 heterocycles. The van der Waals surface area contributed by atoms with Crippen molar-refractivity contribution in [2.75, 3.05) is 24.6 Å². The van der Waals surface area contributed by atoms with Gasteiger partial charge in [0.2, 0.25) is 5.91 Å². The van der Waals surface area contributed by atoms with Crippen molar-refractivity contribution in [1.82, 2.24) is 10.2 Å². The lowest BCUT2D eigenvalue weighted by Gasteiger charge is -2.23. The fourth-order valence-electron chi connectivity index (χ4n) is 3.79. The van der Waals surface area contributed by atoms with Crippen LogP contribution in [0.5, 0.6) is 0 Å². The van der Waals surface area contributed by atoms with E-state index in [1.54, 1.807) is 4.90 Å². The minimum Gasteiger partial charge on any atom is -0.460 e. The molecule has 214 valence electrons. The minimum atomic E-state index is -0.631. The standard InChI is InChI=1S/C25H28N4O9S2/c30-23(26-12-24(31)37-14-17-1-5-19(6-2-17)28(33)34)9-10-40-16-21-11-22(39)13-27(21)25(32)38-15-18-3-7-20(8-4-18)29(35)36/h1-8,21-22,39H,9-16H2,(H,26,30). The van der Waals surface area contributed by atoms with Crippen LogP contribution in [-0.2, 0) is 32.3 Å². The van der Waals surface area contributed by atoms with E-state index in [1.807, 2.05) is 0 Å². The topological polar surface area (TPSA) is 171 Å². The highest BCUT2D eigenvalue weighted by molar-refractivity contribution is 7.99. The lowest BCUT2D eigenvalue weighted by molar-refractivity contribution is -0.385. The number of carbonyl (C=O) groups is 3. The molecule has 0 aliphatic carbocycles. The number of benzene rings is 2. The molecule has 2 aromatic rings. The molecule has 2 amide bonds. The highest BCUT2D eigenvalue weighted by Crippen LogP contribution is 2.26. The molecule has 1 N–H and O–H groups in total. The van der Waals surface area contributed by atoms with Crippen molar-refractivity contribution in [3.63, 3.8) is 0 Å². The van der Waals surface area contributed by atoms with E-state index < -0.39 is 21.9 Å². The molecule has 2 aromatic carbocycles. The summed E-state index contributed by atoms with van der Waals surface area (Å²) in [5, 5.41) is 23.9. The quantitative estimate of drug-likeness (QED) is 0.115. The molecule has 1 aliphatic heterocycles. The van der Waals surface area contributed by atoms with Gasteiger partial charge in [0, 0.05) is 60.0 Å². The number of likely N-dealkylation sites (tertiary alicyclic amines) is 1. The predicted molar refractivity (Wildman–Crippen MR) is 149 cm³/mol. The number of nitro groups is 2. The Balaban J connectivity index is 1.31. The van der Waals surface area contributed by atoms with E-state index in [4.69, 9.17) is 9.47 Å². The van der Waals surface area contributed by atoms with Crippen LogP contribution in [0.15, 0.2) is 48.5 Å². The fourth-order valence-corrected chi connectivity index (χ4v) is 5.29. The molecule has 40 heavy (non-hydrogen) atoms. The van der Waals surface area contributed by atoms with Crippen LogP contribution in [0.1, 0.15) is 24.0 Å². The van der Waals surface area contributed by atoms with Crippen molar-refractivity contribution in [1.29, 1.82) is 0 Å². The summed E-state index contributed by atoms with van der Waals surface area (Å²) in [6.45, 7) is 0.0501. The lowest BCUT2D eigenvalue weighted by Crippen LogP contribution is -2.37. The number of hydrogen-bond acceptors (Lipinski definition) is 11.